The highest BCUT2D eigenvalue weighted by Gasteiger charge is 2.30. The van der Waals surface area contributed by atoms with Gasteiger partial charge in [-0.1, -0.05) is 23.5 Å². The molecule has 1 aliphatic rings. The molecule has 1 aromatic carbocycles. The Morgan fingerprint density at radius 3 is 2.89 bits per heavy atom. The summed E-state index contributed by atoms with van der Waals surface area (Å²) >= 11 is 1.73. The minimum Gasteiger partial charge on any atom is -0.388 e. The third-order valence-corrected chi connectivity index (χ3v) is 4.21. The molecule has 1 fully saturated rings. The Bertz CT molecular complexity index is 540. The number of hydrogen-bond donors (Lipinski definition) is 2. The molecule has 0 unspecified atom stereocenters. The highest BCUT2D eigenvalue weighted by molar-refractivity contribution is 7.22. The van der Waals surface area contributed by atoms with Crippen molar-refractivity contribution in [1.82, 2.24) is 4.98 Å². The second-order valence-electron chi connectivity index (χ2n) is 4.66. The van der Waals surface area contributed by atoms with E-state index in [4.69, 9.17) is 11.1 Å². The first-order valence-electron chi connectivity index (χ1n) is 6.19. The van der Waals surface area contributed by atoms with Crippen LogP contribution in [0.4, 0.5) is 5.13 Å². The molecule has 0 saturated heterocycles. The molecule has 2 aromatic rings. The summed E-state index contributed by atoms with van der Waals surface area (Å²) in [4.78, 5) is 7.00. The van der Waals surface area contributed by atoms with E-state index in [1.165, 1.54) is 17.5 Å². The zero-order chi connectivity index (χ0) is 12.5. The van der Waals surface area contributed by atoms with Gasteiger partial charge in [-0.15, -0.1) is 0 Å². The maximum Gasteiger partial charge on any atom is 0.186 e. The molecule has 0 amide bonds. The van der Waals surface area contributed by atoms with Crippen LogP contribution in [0.3, 0.4) is 0 Å². The zero-order valence-corrected chi connectivity index (χ0v) is 10.9. The summed E-state index contributed by atoms with van der Waals surface area (Å²) in [6.07, 6.45) is 3.08. The molecule has 0 bridgehead atoms. The number of nitrogens with one attached hydrogen (secondary N) is 1. The summed E-state index contributed by atoms with van der Waals surface area (Å²) in [5.41, 5.74) is 6.52. The number of aromatic nitrogens is 1. The van der Waals surface area contributed by atoms with E-state index in [9.17, 15) is 0 Å². The molecule has 0 aliphatic heterocycles. The molecule has 94 valence electrons. The number of hydrogen-bond acceptors (Lipinski definition) is 4. The molecule has 0 radical (unpaired) electrons. The summed E-state index contributed by atoms with van der Waals surface area (Å²) in [7, 11) is 0. The van der Waals surface area contributed by atoms with Gasteiger partial charge < -0.3 is 10.6 Å². The Hall–Kier alpha value is -1.62. The number of nitrogens with zero attached hydrogens (tertiary/aromatic N) is 2. The van der Waals surface area contributed by atoms with Crippen molar-refractivity contribution in [3.8, 4) is 0 Å². The Kier molecular flexibility index (Phi) is 2.91. The van der Waals surface area contributed by atoms with Crippen molar-refractivity contribution in [1.29, 1.82) is 5.41 Å². The molecule has 18 heavy (non-hydrogen) atoms. The SMILES string of the molecule is N=C(N)CCN(c1nc2ccccc2s1)C1CC1. The topological polar surface area (TPSA) is 66.0 Å². The average molecular weight is 260 g/mol. The predicted molar refractivity (Wildman–Crippen MR) is 76.5 cm³/mol. The van der Waals surface area contributed by atoms with Crippen LogP contribution in [0.2, 0.25) is 0 Å². The van der Waals surface area contributed by atoms with Crippen LogP contribution >= 0.6 is 11.3 Å². The number of nitrogens with two attached hydrogens (primary N) is 1. The van der Waals surface area contributed by atoms with E-state index in [-0.39, 0.29) is 5.84 Å². The van der Waals surface area contributed by atoms with Gasteiger partial charge in [0.25, 0.3) is 0 Å². The fourth-order valence-electron chi connectivity index (χ4n) is 2.04. The van der Waals surface area contributed by atoms with Crippen molar-refractivity contribution in [3.63, 3.8) is 0 Å². The first-order chi connectivity index (χ1) is 8.74. The number of amidine groups is 1. The van der Waals surface area contributed by atoms with Gasteiger partial charge in [0.05, 0.1) is 16.1 Å². The maximum absolute atomic E-state index is 7.35. The molecule has 0 atom stereocenters. The third-order valence-electron chi connectivity index (χ3n) is 3.14. The lowest BCUT2D eigenvalue weighted by atomic mass is 10.3. The van der Waals surface area contributed by atoms with Gasteiger partial charge in [-0.05, 0) is 25.0 Å². The smallest absolute Gasteiger partial charge is 0.186 e. The Labute approximate surface area is 110 Å². The molecule has 3 N–H and O–H groups in total. The molecular formula is C13H16N4S. The summed E-state index contributed by atoms with van der Waals surface area (Å²) < 4.78 is 1.22. The number of rotatable bonds is 5. The average Bonchev–Trinajstić information content (AvgIpc) is 3.08. The predicted octanol–water partition coefficient (Wildman–Crippen LogP) is 2.59. The maximum atomic E-state index is 7.35. The minimum absolute atomic E-state index is 0.252. The summed E-state index contributed by atoms with van der Waals surface area (Å²) in [6, 6.07) is 8.81. The van der Waals surface area contributed by atoms with Crippen LogP contribution in [-0.4, -0.2) is 23.4 Å². The second-order valence-corrected chi connectivity index (χ2v) is 5.67. The van der Waals surface area contributed by atoms with E-state index in [2.05, 4.69) is 16.0 Å². The van der Waals surface area contributed by atoms with E-state index < -0.39 is 0 Å². The van der Waals surface area contributed by atoms with E-state index >= 15 is 0 Å². The van der Waals surface area contributed by atoms with E-state index in [1.54, 1.807) is 11.3 Å². The van der Waals surface area contributed by atoms with Crippen molar-refractivity contribution in [2.45, 2.75) is 25.3 Å². The van der Waals surface area contributed by atoms with E-state index in [0.717, 1.165) is 17.2 Å². The summed E-state index contributed by atoms with van der Waals surface area (Å²) in [5.74, 6) is 0.252. The summed E-state index contributed by atoms with van der Waals surface area (Å²) in [6.45, 7) is 0.805. The Morgan fingerprint density at radius 1 is 1.44 bits per heavy atom. The quantitative estimate of drug-likeness (QED) is 0.641. The first-order valence-corrected chi connectivity index (χ1v) is 7.01. The molecule has 1 aliphatic carbocycles. The lowest BCUT2D eigenvalue weighted by Gasteiger charge is -2.20. The van der Waals surface area contributed by atoms with Crippen molar-refractivity contribution in [2.24, 2.45) is 5.73 Å². The number of anilines is 1. The normalized spacial score (nSPS) is 14.9. The van der Waals surface area contributed by atoms with Crippen LogP contribution in [-0.2, 0) is 0 Å². The molecule has 4 nitrogen and oxygen atoms in total. The monoisotopic (exact) mass is 260 g/mol. The fourth-order valence-corrected chi connectivity index (χ4v) is 3.11. The molecule has 1 saturated carbocycles. The fraction of sp³-hybridized carbons (Fsp3) is 0.385. The van der Waals surface area contributed by atoms with Crippen LogP contribution < -0.4 is 10.6 Å². The second kappa shape index (κ2) is 4.57. The van der Waals surface area contributed by atoms with Gasteiger partial charge in [0.15, 0.2) is 5.13 Å². The van der Waals surface area contributed by atoms with Gasteiger partial charge >= 0.3 is 0 Å². The Balaban J connectivity index is 1.86. The molecule has 5 heteroatoms. The largest absolute Gasteiger partial charge is 0.388 e. The highest BCUT2D eigenvalue weighted by Crippen LogP contribution is 2.36. The van der Waals surface area contributed by atoms with Gasteiger partial charge in [-0.2, -0.15) is 0 Å². The van der Waals surface area contributed by atoms with Gasteiger partial charge in [0.2, 0.25) is 0 Å². The van der Waals surface area contributed by atoms with Crippen molar-refractivity contribution in [2.75, 3.05) is 11.4 Å². The molecular weight excluding hydrogens is 244 g/mol. The molecule has 3 rings (SSSR count). The number of thiazole rings is 1. The highest BCUT2D eigenvalue weighted by atomic mass is 32.1. The number of para-hydroxylation sites is 1. The Morgan fingerprint density at radius 2 is 2.22 bits per heavy atom. The van der Waals surface area contributed by atoms with Crippen LogP contribution in [0.1, 0.15) is 19.3 Å². The molecule has 1 aromatic heterocycles. The van der Waals surface area contributed by atoms with Gasteiger partial charge in [-0.3, -0.25) is 5.41 Å². The van der Waals surface area contributed by atoms with Gasteiger partial charge in [0, 0.05) is 19.0 Å². The van der Waals surface area contributed by atoms with Crippen LogP contribution in [0.15, 0.2) is 24.3 Å². The van der Waals surface area contributed by atoms with E-state index in [1.807, 2.05) is 18.2 Å². The standard InChI is InChI=1S/C13H16N4S/c14-12(15)7-8-17(9-5-6-9)13-16-10-3-1-2-4-11(10)18-13/h1-4,9H,5-8H2,(H3,14,15). The first kappa shape index (κ1) is 11.5. The minimum atomic E-state index is 0.252. The lowest BCUT2D eigenvalue weighted by Crippen LogP contribution is -2.29. The third kappa shape index (κ3) is 2.31. The van der Waals surface area contributed by atoms with Crippen molar-refractivity contribution in [3.05, 3.63) is 24.3 Å². The zero-order valence-electron chi connectivity index (χ0n) is 10.1. The molecule has 1 heterocycles. The van der Waals surface area contributed by atoms with Crippen LogP contribution in [0.5, 0.6) is 0 Å². The summed E-state index contributed by atoms with van der Waals surface area (Å²) in [5, 5.41) is 8.42. The molecule has 0 spiro atoms. The van der Waals surface area contributed by atoms with Crippen LogP contribution in [0, 0.1) is 5.41 Å². The number of fused-ring (bicyclic) bond motifs is 1. The van der Waals surface area contributed by atoms with Gasteiger partial charge in [0.1, 0.15) is 0 Å². The van der Waals surface area contributed by atoms with Crippen molar-refractivity contribution < 1.29 is 0 Å². The van der Waals surface area contributed by atoms with E-state index in [0.29, 0.717) is 12.5 Å². The van der Waals surface area contributed by atoms with Crippen molar-refractivity contribution >= 4 is 32.5 Å². The number of benzene rings is 1. The van der Waals surface area contributed by atoms with Crippen LogP contribution in [0.25, 0.3) is 10.2 Å². The lowest BCUT2D eigenvalue weighted by molar-refractivity contribution is 0.794. The van der Waals surface area contributed by atoms with Gasteiger partial charge in [-0.25, -0.2) is 4.98 Å².